The quantitative estimate of drug-likeness (QED) is 0.502. The lowest BCUT2D eigenvalue weighted by molar-refractivity contribution is -0.119. The molecule has 1 radical (unpaired) electrons. The van der Waals surface area contributed by atoms with Crippen LogP contribution in [0.4, 0.5) is 0 Å². The van der Waals surface area contributed by atoms with E-state index < -0.39 is 0 Å². The van der Waals surface area contributed by atoms with Gasteiger partial charge in [-0.05, 0) is 6.32 Å². The molecule has 0 N–H and O–H groups in total. The van der Waals surface area contributed by atoms with E-state index in [1.54, 1.807) is 0 Å². The molecular weight excluding hydrogens is 98.9 g/mol. The third-order valence-corrected chi connectivity index (χ3v) is 1.05. The zero-order valence-corrected chi connectivity index (χ0v) is 5.77. The Bertz CT molecular complexity index is 78.6. The molecule has 0 aliphatic heterocycles. The summed E-state index contributed by atoms with van der Waals surface area (Å²) in [6, 6.07) is 0. The fourth-order valence-electron chi connectivity index (χ4n) is 0.437. The summed E-state index contributed by atoms with van der Waals surface area (Å²) in [6.07, 6.45) is 0.623. The molecule has 0 aromatic carbocycles. The van der Waals surface area contributed by atoms with Crippen LogP contribution in [-0.2, 0) is 4.79 Å². The predicted octanol–water partition coefficient (Wildman–Crippen LogP) is 1.38. The number of carbonyl (C=O) groups excluding carboxylic acids is 1. The molecule has 0 unspecified atom stereocenters. The minimum Gasteiger partial charge on any atom is -0.300 e. The highest BCUT2D eigenvalue weighted by Gasteiger charge is 2.03. The molecule has 0 saturated heterocycles. The molecule has 2 heteroatoms. The molecule has 8 heavy (non-hydrogen) atoms. The van der Waals surface area contributed by atoms with Crippen molar-refractivity contribution >= 4 is 13.1 Å². The van der Waals surface area contributed by atoms with Crippen LogP contribution in [0.15, 0.2) is 0 Å². The Kier molecular flexibility index (Phi) is 3.58. The maximum atomic E-state index is 10.7. The lowest BCUT2D eigenvalue weighted by Crippen LogP contribution is -2.07. The number of hydrogen-bond acceptors (Lipinski definition) is 1. The number of carbonyl (C=O) groups is 1. The highest BCUT2D eigenvalue weighted by atomic mass is 16.1. The minimum absolute atomic E-state index is 0.200. The van der Waals surface area contributed by atoms with E-state index in [-0.39, 0.29) is 5.92 Å². The molecule has 0 aliphatic rings. The van der Waals surface area contributed by atoms with E-state index in [1.807, 2.05) is 28.0 Å². The van der Waals surface area contributed by atoms with Crippen LogP contribution in [0.3, 0.4) is 0 Å². The number of rotatable bonds is 3. The lowest BCUT2D eigenvalue weighted by Gasteiger charge is -1.98. The molecule has 0 saturated carbocycles. The number of Topliss-reactive ketones (excluding diaryl/α,β-unsaturated/α-hetero) is 1. The van der Waals surface area contributed by atoms with Crippen LogP contribution < -0.4 is 0 Å². The second kappa shape index (κ2) is 3.70. The van der Waals surface area contributed by atoms with Crippen molar-refractivity contribution in [3.63, 3.8) is 0 Å². The van der Waals surface area contributed by atoms with Gasteiger partial charge in [0.1, 0.15) is 13.1 Å². The Morgan fingerprint density at radius 3 is 2.25 bits per heavy atom. The zero-order chi connectivity index (χ0) is 6.57. The van der Waals surface area contributed by atoms with Gasteiger partial charge in [0.15, 0.2) is 0 Å². The summed E-state index contributed by atoms with van der Waals surface area (Å²) < 4.78 is 0. The molecule has 0 fully saturated rings. The van der Waals surface area contributed by atoms with E-state index in [0.717, 1.165) is 0 Å². The maximum Gasteiger partial charge on any atom is 0.127 e. The van der Waals surface area contributed by atoms with Crippen molar-refractivity contribution in [1.29, 1.82) is 0 Å². The molecule has 0 aromatic rings. The largest absolute Gasteiger partial charge is 0.300 e. The molecule has 0 heterocycles. The van der Waals surface area contributed by atoms with Gasteiger partial charge in [0.25, 0.3) is 0 Å². The molecule has 0 rings (SSSR count). The van der Waals surface area contributed by atoms with Crippen LogP contribution in [-0.4, -0.2) is 13.1 Å². The van der Waals surface area contributed by atoms with Crippen LogP contribution in [0.1, 0.15) is 13.8 Å². The Balaban J connectivity index is 3.33. The Morgan fingerprint density at radius 2 is 2.12 bits per heavy atom. The maximum absolute atomic E-state index is 10.7. The van der Waals surface area contributed by atoms with Gasteiger partial charge in [-0.25, -0.2) is 0 Å². The normalized spacial score (nSPS) is 9.50. The highest BCUT2D eigenvalue weighted by Crippen LogP contribution is 1.97. The molecule has 0 bridgehead atoms. The van der Waals surface area contributed by atoms with Crippen LogP contribution in [0.2, 0.25) is 13.1 Å². The third kappa shape index (κ3) is 2.83. The van der Waals surface area contributed by atoms with E-state index in [1.165, 1.54) is 0 Å². The molecule has 0 amide bonds. The summed E-state index contributed by atoms with van der Waals surface area (Å²) in [4.78, 5) is 10.7. The van der Waals surface area contributed by atoms with Crippen molar-refractivity contribution in [2.75, 3.05) is 0 Å². The summed E-state index contributed by atoms with van der Waals surface area (Å²) >= 11 is 0. The topological polar surface area (TPSA) is 17.1 Å². The molecule has 0 aliphatic carbocycles. The lowest BCUT2D eigenvalue weighted by atomic mass is 9.74. The van der Waals surface area contributed by atoms with Crippen molar-refractivity contribution in [1.82, 2.24) is 0 Å². The van der Waals surface area contributed by atoms with Gasteiger partial charge in [-0.3, -0.25) is 0 Å². The van der Waals surface area contributed by atoms with Crippen LogP contribution in [0, 0.1) is 5.92 Å². The highest BCUT2D eigenvalue weighted by molar-refractivity contribution is 6.39. The van der Waals surface area contributed by atoms with Gasteiger partial charge in [0, 0.05) is 5.92 Å². The van der Waals surface area contributed by atoms with Gasteiger partial charge in [-0.2, -0.15) is 0 Å². The summed E-state index contributed by atoms with van der Waals surface area (Å²) in [5.41, 5.74) is 0. The van der Waals surface area contributed by atoms with Crippen LogP contribution in [0.5, 0.6) is 0 Å². The third-order valence-electron chi connectivity index (χ3n) is 1.05. The molecule has 0 spiro atoms. The van der Waals surface area contributed by atoms with Crippen molar-refractivity contribution < 1.29 is 4.79 Å². The average molecular weight is 111 g/mol. The Hall–Kier alpha value is -0.265. The Morgan fingerprint density at radius 1 is 1.62 bits per heavy atom. The Labute approximate surface area is 51.7 Å². The molecule has 0 aromatic heterocycles. The van der Waals surface area contributed by atoms with E-state index in [2.05, 4.69) is 0 Å². The van der Waals surface area contributed by atoms with Crippen LogP contribution >= 0.6 is 0 Å². The minimum atomic E-state index is 0.200. The number of hydrogen-bond donors (Lipinski definition) is 0. The van der Waals surface area contributed by atoms with Crippen molar-refractivity contribution in [2.45, 2.75) is 27.0 Å². The fraction of sp³-hybridized carbons (Fsp3) is 0.833. The second-order valence-electron chi connectivity index (χ2n) is 2.23. The fourth-order valence-corrected chi connectivity index (χ4v) is 0.437. The smallest absolute Gasteiger partial charge is 0.127 e. The van der Waals surface area contributed by atoms with Gasteiger partial charge in [0.05, 0.1) is 0 Å². The monoisotopic (exact) mass is 111 g/mol. The SMILES string of the molecule is C[B]CC(=O)C(C)C. The standard InChI is InChI=1S/C6H12BO/c1-5(2)6(8)4-7-3/h5H,4H2,1-3H3. The van der Waals surface area contributed by atoms with E-state index in [9.17, 15) is 4.79 Å². The van der Waals surface area contributed by atoms with E-state index in [4.69, 9.17) is 0 Å². The summed E-state index contributed by atoms with van der Waals surface area (Å²) in [5.74, 6) is 0.527. The summed E-state index contributed by atoms with van der Waals surface area (Å²) in [5, 5.41) is 0. The van der Waals surface area contributed by atoms with Crippen molar-refractivity contribution in [3.8, 4) is 0 Å². The van der Waals surface area contributed by atoms with E-state index in [0.29, 0.717) is 12.1 Å². The van der Waals surface area contributed by atoms with Gasteiger partial charge in [0.2, 0.25) is 0 Å². The van der Waals surface area contributed by atoms with Crippen molar-refractivity contribution in [2.24, 2.45) is 5.92 Å². The van der Waals surface area contributed by atoms with E-state index >= 15 is 0 Å². The number of ketones is 1. The molecular formula is C6H12BO. The van der Waals surface area contributed by atoms with Gasteiger partial charge < -0.3 is 4.79 Å². The molecule has 1 nitrogen and oxygen atoms in total. The van der Waals surface area contributed by atoms with Gasteiger partial charge >= 0.3 is 0 Å². The molecule has 0 atom stereocenters. The average Bonchev–Trinajstić information content (AvgIpc) is 1.67. The van der Waals surface area contributed by atoms with Gasteiger partial charge in [-0.1, -0.05) is 20.7 Å². The molecule has 45 valence electrons. The zero-order valence-electron chi connectivity index (χ0n) is 5.77. The first-order chi connectivity index (χ1) is 3.68. The first kappa shape index (κ1) is 7.73. The summed E-state index contributed by atoms with van der Waals surface area (Å²) in [7, 11) is 1.89. The first-order valence-electron chi connectivity index (χ1n) is 2.99. The predicted molar refractivity (Wildman–Crippen MR) is 36.3 cm³/mol. The summed E-state index contributed by atoms with van der Waals surface area (Å²) in [6.45, 7) is 5.75. The van der Waals surface area contributed by atoms with Crippen LogP contribution in [0.25, 0.3) is 0 Å². The second-order valence-corrected chi connectivity index (χ2v) is 2.23. The van der Waals surface area contributed by atoms with Crippen molar-refractivity contribution in [3.05, 3.63) is 0 Å². The van der Waals surface area contributed by atoms with Gasteiger partial charge in [-0.15, -0.1) is 0 Å². The first-order valence-corrected chi connectivity index (χ1v) is 2.99.